The van der Waals surface area contributed by atoms with E-state index < -0.39 is 0 Å². The maximum Gasteiger partial charge on any atom is 0.594 e. The third-order valence-electron chi connectivity index (χ3n) is 4.78. The number of hydrogen-bond acceptors (Lipinski definition) is 3. The molecule has 0 unspecified atom stereocenters. The van der Waals surface area contributed by atoms with Crippen LogP contribution in [-0.4, -0.2) is 18.6 Å². The van der Waals surface area contributed by atoms with E-state index in [2.05, 4.69) is 65.6 Å². The average Bonchev–Trinajstić information content (AvgIpc) is 3.12. The molecule has 0 atom stereocenters. The Balaban J connectivity index is 1.33. The first kappa shape index (κ1) is 17.7. The van der Waals surface area contributed by atoms with Crippen molar-refractivity contribution < 1.29 is 9.31 Å². The second-order valence-corrected chi connectivity index (χ2v) is 6.94. The zero-order valence-electron chi connectivity index (χ0n) is 15.5. The number of benzene rings is 3. The van der Waals surface area contributed by atoms with Gasteiger partial charge in [-0.2, -0.15) is 0 Å². The summed E-state index contributed by atoms with van der Waals surface area (Å²) < 4.78 is 11.8. The fourth-order valence-electron chi connectivity index (χ4n) is 3.45. The van der Waals surface area contributed by atoms with Crippen LogP contribution in [0.3, 0.4) is 0 Å². The Morgan fingerprint density at radius 2 is 1.11 bits per heavy atom. The van der Waals surface area contributed by atoms with E-state index in [-0.39, 0.29) is 7.12 Å². The summed E-state index contributed by atoms with van der Waals surface area (Å²) in [6, 6.07) is 29.2. The summed E-state index contributed by atoms with van der Waals surface area (Å²) in [5.74, 6) is 1.71. The smallest absolute Gasteiger partial charge is 0.523 e. The fraction of sp³-hybridized carbons (Fsp3) is 0.217. The van der Waals surface area contributed by atoms with Gasteiger partial charge in [-0.05, 0) is 36.2 Å². The van der Waals surface area contributed by atoms with Gasteiger partial charge in [-0.3, -0.25) is 4.90 Å². The number of para-hydroxylation sites is 2. The molecule has 4 rings (SSSR count). The van der Waals surface area contributed by atoms with Gasteiger partial charge in [0.15, 0.2) is 0 Å². The van der Waals surface area contributed by atoms with Crippen molar-refractivity contribution in [3.05, 3.63) is 96.1 Å². The van der Waals surface area contributed by atoms with Gasteiger partial charge in [0.25, 0.3) is 0 Å². The third kappa shape index (κ3) is 4.92. The molecule has 0 bridgehead atoms. The van der Waals surface area contributed by atoms with E-state index in [0.29, 0.717) is 0 Å². The van der Waals surface area contributed by atoms with Crippen LogP contribution in [0.5, 0.6) is 11.5 Å². The van der Waals surface area contributed by atoms with Gasteiger partial charge in [-0.25, -0.2) is 0 Å². The normalized spacial score (nSPS) is 12.6. The Kier molecular flexibility index (Phi) is 5.75. The highest BCUT2D eigenvalue weighted by Gasteiger charge is 2.30. The first-order valence-electron chi connectivity index (χ1n) is 9.59. The molecular formula is C23H24BNO2. The molecular weight excluding hydrogens is 333 g/mol. The molecule has 4 heteroatoms. The largest absolute Gasteiger partial charge is 0.594 e. The number of hydrogen-bond donors (Lipinski definition) is 0. The van der Waals surface area contributed by atoms with Gasteiger partial charge in [0, 0.05) is 19.4 Å². The minimum Gasteiger partial charge on any atom is -0.523 e. The lowest BCUT2D eigenvalue weighted by atomic mass is 9.83. The molecule has 0 spiro atoms. The van der Waals surface area contributed by atoms with Crippen LogP contribution >= 0.6 is 0 Å². The molecule has 0 fully saturated rings. The number of nitrogens with zero attached hydrogens (tertiary/aromatic N) is 1. The molecule has 3 aromatic carbocycles. The SMILES string of the molecule is c1ccc(CN(CCCB2Oc3ccccc3O2)Cc2ccccc2)cc1. The predicted molar refractivity (Wildman–Crippen MR) is 110 cm³/mol. The van der Waals surface area contributed by atoms with E-state index in [1.54, 1.807) is 0 Å². The minimum absolute atomic E-state index is 0.169. The Morgan fingerprint density at radius 1 is 0.630 bits per heavy atom. The second kappa shape index (κ2) is 8.78. The lowest BCUT2D eigenvalue weighted by molar-refractivity contribution is 0.255. The summed E-state index contributed by atoms with van der Waals surface area (Å²) in [4.78, 5) is 2.49. The van der Waals surface area contributed by atoms with E-state index in [9.17, 15) is 0 Å². The molecule has 0 aliphatic carbocycles. The van der Waals surface area contributed by atoms with Crippen LogP contribution in [0.4, 0.5) is 0 Å². The maximum absolute atomic E-state index is 5.88. The summed E-state index contributed by atoms with van der Waals surface area (Å²) in [5, 5.41) is 0. The topological polar surface area (TPSA) is 21.7 Å². The van der Waals surface area contributed by atoms with E-state index in [0.717, 1.165) is 43.9 Å². The maximum atomic E-state index is 5.88. The summed E-state index contributed by atoms with van der Waals surface area (Å²) in [5.41, 5.74) is 2.68. The molecule has 1 aliphatic rings. The minimum atomic E-state index is -0.169. The summed E-state index contributed by atoms with van der Waals surface area (Å²) in [6.45, 7) is 2.90. The molecule has 0 saturated carbocycles. The van der Waals surface area contributed by atoms with Crippen LogP contribution < -0.4 is 9.31 Å². The first-order valence-corrected chi connectivity index (χ1v) is 9.59. The molecule has 0 radical (unpaired) electrons. The predicted octanol–water partition coefficient (Wildman–Crippen LogP) is 5.04. The van der Waals surface area contributed by atoms with Crippen molar-refractivity contribution in [3.8, 4) is 11.5 Å². The van der Waals surface area contributed by atoms with Crippen LogP contribution in [-0.2, 0) is 13.1 Å². The summed E-state index contributed by atoms with van der Waals surface area (Å²) in [7, 11) is -0.169. The van der Waals surface area contributed by atoms with E-state index in [1.165, 1.54) is 11.1 Å². The molecule has 3 nitrogen and oxygen atoms in total. The Bertz CT molecular complexity index is 775. The molecule has 1 aliphatic heterocycles. The van der Waals surface area contributed by atoms with Crippen molar-refractivity contribution in [1.82, 2.24) is 4.90 Å². The zero-order chi connectivity index (χ0) is 18.3. The highest BCUT2D eigenvalue weighted by atomic mass is 16.6. The fourth-order valence-corrected chi connectivity index (χ4v) is 3.45. The average molecular weight is 357 g/mol. The summed E-state index contributed by atoms with van der Waals surface area (Å²) in [6.07, 6.45) is 1.91. The van der Waals surface area contributed by atoms with Crippen LogP contribution in [0.15, 0.2) is 84.9 Å². The lowest BCUT2D eigenvalue weighted by Gasteiger charge is -2.22. The lowest BCUT2D eigenvalue weighted by Crippen LogP contribution is -2.28. The van der Waals surface area contributed by atoms with Crippen LogP contribution in [0.1, 0.15) is 17.5 Å². The van der Waals surface area contributed by atoms with Gasteiger partial charge in [0.2, 0.25) is 0 Å². The second-order valence-electron chi connectivity index (χ2n) is 6.94. The molecule has 0 amide bonds. The monoisotopic (exact) mass is 357 g/mol. The van der Waals surface area contributed by atoms with Crippen molar-refractivity contribution in [2.45, 2.75) is 25.8 Å². The Labute approximate surface area is 161 Å². The molecule has 0 aromatic heterocycles. The van der Waals surface area contributed by atoms with Crippen molar-refractivity contribution in [2.24, 2.45) is 0 Å². The van der Waals surface area contributed by atoms with Gasteiger partial charge in [0.1, 0.15) is 11.5 Å². The van der Waals surface area contributed by atoms with Crippen LogP contribution in [0.25, 0.3) is 0 Å². The molecule has 136 valence electrons. The van der Waals surface area contributed by atoms with Gasteiger partial charge >= 0.3 is 7.12 Å². The van der Waals surface area contributed by atoms with Crippen LogP contribution in [0.2, 0.25) is 6.32 Å². The molecule has 0 N–H and O–H groups in total. The first-order chi connectivity index (χ1) is 13.4. The Hall–Kier alpha value is -2.72. The summed E-state index contributed by atoms with van der Waals surface area (Å²) >= 11 is 0. The zero-order valence-corrected chi connectivity index (χ0v) is 15.5. The standard InChI is InChI=1S/C23H24BNO2/c1-3-10-20(11-4-1)18-25(19-21-12-5-2-6-13-21)17-9-16-24-26-22-14-7-8-15-23(22)27-24/h1-8,10-15H,9,16-19H2. The van der Waals surface area contributed by atoms with Gasteiger partial charge in [-0.15, -0.1) is 0 Å². The number of rotatable bonds is 8. The Morgan fingerprint density at radius 3 is 1.63 bits per heavy atom. The molecule has 0 saturated heterocycles. The van der Waals surface area contributed by atoms with E-state index in [1.807, 2.05) is 24.3 Å². The number of fused-ring (bicyclic) bond motifs is 1. The van der Waals surface area contributed by atoms with Crippen molar-refractivity contribution in [2.75, 3.05) is 6.54 Å². The van der Waals surface area contributed by atoms with Gasteiger partial charge in [0.05, 0.1) is 0 Å². The van der Waals surface area contributed by atoms with E-state index in [4.69, 9.17) is 9.31 Å². The molecule has 1 heterocycles. The molecule has 3 aromatic rings. The van der Waals surface area contributed by atoms with Crippen molar-refractivity contribution >= 4 is 7.12 Å². The quantitative estimate of drug-likeness (QED) is 0.527. The van der Waals surface area contributed by atoms with Gasteiger partial charge in [-0.1, -0.05) is 72.8 Å². The molecule has 27 heavy (non-hydrogen) atoms. The van der Waals surface area contributed by atoms with Crippen LogP contribution in [0, 0.1) is 0 Å². The third-order valence-corrected chi connectivity index (χ3v) is 4.78. The van der Waals surface area contributed by atoms with E-state index >= 15 is 0 Å². The van der Waals surface area contributed by atoms with Crippen molar-refractivity contribution in [1.29, 1.82) is 0 Å². The van der Waals surface area contributed by atoms with Crippen molar-refractivity contribution in [3.63, 3.8) is 0 Å². The highest BCUT2D eigenvalue weighted by Crippen LogP contribution is 2.33. The van der Waals surface area contributed by atoms with Gasteiger partial charge < -0.3 is 9.31 Å². The highest BCUT2D eigenvalue weighted by molar-refractivity contribution is 6.47.